The molecule has 0 aliphatic carbocycles. The lowest BCUT2D eigenvalue weighted by atomic mass is 10.0. The molecule has 1 aliphatic rings. The van der Waals surface area contributed by atoms with Crippen molar-refractivity contribution in [2.75, 3.05) is 25.6 Å². The Morgan fingerprint density at radius 1 is 1.38 bits per heavy atom. The van der Waals surface area contributed by atoms with Crippen LogP contribution < -0.4 is 20.1 Å². The first kappa shape index (κ1) is 17.6. The van der Waals surface area contributed by atoms with Crippen molar-refractivity contribution in [3.63, 3.8) is 0 Å². The van der Waals surface area contributed by atoms with Gasteiger partial charge in [0.15, 0.2) is 11.5 Å². The largest absolute Gasteiger partial charge is 0.493 e. The first-order chi connectivity index (χ1) is 9.74. The zero-order valence-electron chi connectivity index (χ0n) is 12.5. The van der Waals surface area contributed by atoms with E-state index in [-0.39, 0.29) is 24.4 Å². The number of rotatable bonds is 5. The van der Waals surface area contributed by atoms with Crippen LogP contribution in [0.15, 0.2) is 18.2 Å². The second kappa shape index (κ2) is 8.74. The van der Waals surface area contributed by atoms with Crippen LogP contribution >= 0.6 is 12.4 Å². The number of anilines is 1. The van der Waals surface area contributed by atoms with Gasteiger partial charge in [-0.2, -0.15) is 0 Å². The van der Waals surface area contributed by atoms with E-state index in [1.54, 1.807) is 19.2 Å². The summed E-state index contributed by atoms with van der Waals surface area (Å²) in [5.41, 5.74) is 0.728. The van der Waals surface area contributed by atoms with E-state index in [1.165, 1.54) is 0 Å². The van der Waals surface area contributed by atoms with Crippen molar-refractivity contribution in [2.24, 2.45) is 0 Å². The lowest BCUT2D eigenvalue weighted by molar-refractivity contribution is -0.118. The Morgan fingerprint density at radius 2 is 2.19 bits per heavy atom. The lowest BCUT2D eigenvalue weighted by Gasteiger charge is -2.22. The van der Waals surface area contributed by atoms with Crippen molar-refractivity contribution in [1.82, 2.24) is 5.32 Å². The van der Waals surface area contributed by atoms with E-state index in [1.807, 2.05) is 13.0 Å². The summed E-state index contributed by atoms with van der Waals surface area (Å²) >= 11 is 0. The number of carbonyl (C=O) groups is 1. The summed E-state index contributed by atoms with van der Waals surface area (Å²) in [6.07, 6.45) is 3.12. The van der Waals surface area contributed by atoms with Crippen molar-refractivity contribution in [3.8, 4) is 11.5 Å². The van der Waals surface area contributed by atoms with Crippen LogP contribution in [0.2, 0.25) is 0 Å². The Hall–Kier alpha value is -1.46. The van der Waals surface area contributed by atoms with E-state index in [0.717, 1.165) is 31.5 Å². The van der Waals surface area contributed by atoms with Gasteiger partial charge >= 0.3 is 0 Å². The minimum atomic E-state index is -0.0959. The molecule has 1 fully saturated rings. The summed E-state index contributed by atoms with van der Waals surface area (Å²) in [7, 11) is 1.60. The Morgan fingerprint density at radius 3 is 2.81 bits per heavy atom. The maximum Gasteiger partial charge on any atom is 0.241 e. The molecule has 2 N–H and O–H groups in total. The van der Waals surface area contributed by atoms with Crippen LogP contribution in [0.25, 0.3) is 0 Å². The molecule has 1 atom stereocenters. The standard InChI is InChI=1S/C15H22N2O3.ClH/c1-3-20-14-10-11(7-8-13(14)19-2)17-15(18)12-6-4-5-9-16-12;/h7-8,10,12,16H,3-6,9H2,1-2H3,(H,17,18);1H/t12-;/m1./s1. The first-order valence-electron chi connectivity index (χ1n) is 7.09. The summed E-state index contributed by atoms with van der Waals surface area (Å²) < 4.78 is 10.7. The lowest BCUT2D eigenvalue weighted by Crippen LogP contribution is -2.43. The Bertz CT molecular complexity index is 462. The van der Waals surface area contributed by atoms with Crippen LogP contribution in [0, 0.1) is 0 Å². The van der Waals surface area contributed by atoms with Gasteiger partial charge in [-0.3, -0.25) is 4.79 Å². The highest BCUT2D eigenvalue weighted by molar-refractivity contribution is 5.95. The predicted octanol–water partition coefficient (Wildman–Crippen LogP) is 2.60. The molecule has 0 spiro atoms. The predicted molar refractivity (Wildman–Crippen MR) is 85.7 cm³/mol. The molecule has 0 radical (unpaired) electrons. The minimum absolute atomic E-state index is 0. The molecule has 1 aromatic rings. The number of benzene rings is 1. The summed E-state index contributed by atoms with van der Waals surface area (Å²) in [6.45, 7) is 3.37. The Labute approximate surface area is 131 Å². The quantitative estimate of drug-likeness (QED) is 0.877. The molecule has 5 nitrogen and oxygen atoms in total. The Kier molecular flexibility index (Phi) is 7.32. The van der Waals surface area contributed by atoms with Crippen molar-refractivity contribution in [3.05, 3.63) is 18.2 Å². The van der Waals surface area contributed by atoms with E-state index in [4.69, 9.17) is 9.47 Å². The first-order valence-corrected chi connectivity index (χ1v) is 7.09. The number of nitrogens with one attached hydrogen (secondary N) is 2. The van der Waals surface area contributed by atoms with Crippen molar-refractivity contribution >= 4 is 24.0 Å². The monoisotopic (exact) mass is 314 g/mol. The molecule has 1 aliphatic heterocycles. The fourth-order valence-corrected chi connectivity index (χ4v) is 2.33. The fraction of sp³-hybridized carbons (Fsp3) is 0.533. The molecule has 1 amide bonds. The molecule has 0 bridgehead atoms. The topological polar surface area (TPSA) is 59.6 Å². The molecule has 6 heteroatoms. The number of amides is 1. The van der Waals surface area contributed by atoms with Gasteiger partial charge in [-0.25, -0.2) is 0 Å². The number of ether oxygens (including phenoxy) is 2. The molecular weight excluding hydrogens is 292 g/mol. The van der Waals surface area contributed by atoms with Crippen LogP contribution in [0.4, 0.5) is 5.69 Å². The third-order valence-electron chi connectivity index (χ3n) is 3.36. The maximum atomic E-state index is 12.1. The number of carbonyl (C=O) groups excluding carboxylic acids is 1. The van der Waals surface area contributed by atoms with Crippen LogP contribution in [0.5, 0.6) is 11.5 Å². The van der Waals surface area contributed by atoms with Crippen LogP contribution in [0.1, 0.15) is 26.2 Å². The van der Waals surface area contributed by atoms with Crippen molar-refractivity contribution < 1.29 is 14.3 Å². The molecule has 21 heavy (non-hydrogen) atoms. The average molecular weight is 315 g/mol. The summed E-state index contributed by atoms with van der Waals surface area (Å²) in [5, 5.41) is 6.16. The molecule has 1 saturated heterocycles. The third-order valence-corrected chi connectivity index (χ3v) is 3.36. The van der Waals surface area contributed by atoms with E-state index in [2.05, 4.69) is 10.6 Å². The van der Waals surface area contributed by atoms with Gasteiger partial charge < -0.3 is 20.1 Å². The zero-order valence-corrected chi connectivity index (χ0v) is 13.3. The van der Waals surface area contributed by atoms with Crippen molar-refractivity contribution in [1.29, 1.82) is 0 Å². The van der Waals surface area contributed by atoms with Crippen LogP contribution in [0.3, 0.4) is 0 Å². The van der Waals surface area contributed by atoms with Gasteiger partial charge in [0.05, 0.1) is 19.8 Å². The van der Waals surface area contributed by atoms with Gasteiger partial charge in [0.25, 0.3) is 0 Å². The summed E-state index contributed by atoms with van der Waals surface area (Å²) in [4.78, 5) is 12.1. The van der Waals surface area contributed by atoms with E-state index < -0.39 is 0 Å². The van der Waals surface area contributed by atoms with Gasteiger partial charge in [0.2, 0.25) is 5.91 Å². The summed E-state index contributed by atoms with van der Waals surface area (Å²) in [6, 6.07) is 5.32. The Balaban J connectivity index is 0.00000220. The number of methoxy groups -OCH3 is 1. The number of piperidine rings is 1. The zero-order chi connectivity index (χ0) is 14.4. The van der Waals surface area contributed by atoms with Gasteiger partial charge in [0.1, 0.15) is 0 Å². The van der Waals surface area contributed by atoms with E-state index in [9.17, 15) is 4.79 Å². The highest BCUT2D eigenvalue weighted by Gasteiger charge is 2.20. The van der Waals surface area contributed by atoms with Crippen molar-refractivity contribution in [2.45, 2.75) is 32.2 Å². The van der Waals surface area contributed by atoms with Gasteiger partial charge in [-0.1, -0.05) is 6.42 Å². The van der Waals surface area contributed by atoms with E-state index >= 15 is 0 Å². The second-order valence-electron chi connectivity index (χ2n) is 4.79. The number of hydrogen-bond donors (Lipinski definition) is 2. The average Bonchev–Trinajstić information content (AvgIpc) is 2.49. The SMILES string of the molecule is CCOc1cc(NC(=O)[C@H]2CCCCN2)ccc1OC.Cl. The van der Waals surface area contributed by atoms with E-state index in [0.29, 0.717) is 18.1 Å². The van der Waals surface area contributed by atoms with Crippen LogP contribution in [-0.2, 0) is 4.79 Å². The molecule has 1 heterocycles. The van der Waals surface area contributed by atoms with Gasteiger partial charge in [-0.15, -0.1) is 12.4 Å². The fourth-order valence-electron chi connectivity index (χ4n) is 2.33. The summed E-state index contributed by atoms with van der Waals surface area (Å²) in [5.74, 6) is 1.32. The molecule has 118 valence electrons. The maximum absolute atomic E-state index is 12.1. The minimum Gasteiger partial charge on any atom is -0.493 e. The molecule has 0 saturated carbocycles. The molecule has 0 aromatic heterocycles. The van der Waals surface area contributed by atoms with Crippen LogP contribution in [-0.4, -0.2) is 32.2 Å². The number of hydrogen-bond acceptors (Lipinski definition) is 4. The normalized spacial score (nSPS) is 17.5. The van der Waals surface area contributed by atoms with Gasteiger partial charge in [0, 0.05) is 11.8 Å². The number of halogens is 1. The van der Waals surface area contributed by atoms with Gasteiger partial charge in [-0.05, 0) is 38.4 Å². The molecule has 2 rings (SSSR count). The molecule has 1 aromatic carbocycles. The third kappa shape index (κ3) is 4.79. The highest BCUT2D eigenvalue weighted by Crippen LogP contribution is 2.30. The second-order valence-corrected chi connectivity index (χ2v) is 4.79. The highest BCUT2D eigenvalue weighted by atomic mass is 35.5. The molecule has 0 unspecified atom stereocenters. The smallest absolute Gasteiger partial charge is 0.241 e. The molecular formula is C15H23ClN2O3.